The molecule has 2 atom stereocenters. The zero-order valence-electron chi connectivity index (χ0n) is 9.86. The molecule has 3 nitrogen and oxygen atoms in total. The zero-order valence-corrected chi connectivity index (χ0v) is 9.86. The smallest absolute Gasteiger partial charge is 0.246 e. The van der Waals surface area contributed by atoms with Gasteiger partial charge in [-0.25, -0.2) is 0 Å². The van der Waals surface area contributed by atoms with E-state index in [4.69, 9.17) is 0 Å². The predicted octanol–water partition coefficient (Wildman–Crippen LogP) is 1.26. The highest BCUT2D eigenvalue weighted by molar-refractivity contribution is 5.87. The number of carbonyl (C=O) groups is 1. The quantitative estimate of drug-likeness (QED) is 0.606. The molecule has 0 aromatic carbocycles. The van der Waals surface area contributed by atoms with E-state index in [1.54, 1.807) is 0 Å². The van der Waals surface area contributed by atoms with Gasteiger partial charge in [0, 0.05) is 24.7 Å². The van der Waals surface area contributed by atoms with Gasteiger partial charge in [-0.05, 0) is 33.3 Å². The first kappa shape index (κ1) is 10.7. The Kier molecular flexibility index (Phi) is 2.38. The van der Waals surface area contributed by atoms with Crippen molar-refractivity contribution < 1.29 is 4.79 Å². The lowest BCUT2D eigenvalue weighted by Gasteiger charge is -2.53. The lowest BCUT2D eigenvalue weighted by Crippen LogP contribution is -2.67. The number of likely N-dealkylation sites (tertiary alicyclic amines) is 2. The highest BCUT2D eigenvalue weighted by atomic mass is 16.2. The van der Waals surface area contributed by atoms with Gasteiger partial charge >= 0.3 is 0 Å². The zero-order chi connectivity index (χ0) is 11.2. The second-order valence-electron chi connectivity index (χ2n) is 5.48. The molecular formula is C12H20N2O. The fourth-order valence-electron chi connectivity index (χ4n) is 2.78. The molecule has 0 radical (unpaired) electrons. The van der Waals surface area contributed by atoms with E-state index < -0.39 is 0 Å². The molecule has 2 saturated heterocycles. The Balaban J connectivity index is 2.03. The molecule has 0 N–H and O–H groups in total. The minimum atomic E-state index is 0.0936. The third-order valence-corrected chi connectivity index (χ3v) is 3.61. The normalized spacial score (nSPS) is 31.0. The number of hydrogen-bond acceptors (Lipinski definition) is 2. The van der Waals surface area contributed by atoms with Crippen molar-refractivity contribution in [2.75, 3.05) is 13.1 Å². The van der Waals surface area contributed by atoms with Gasteiger partial charge < -0.3 is 4.90 Å². The van der Waals surface area contributed by atoms with Crippen molar-refractivity contribution >= 4 is 5.91 Å². The van der Waals surface area contributed by atoms with Crippen LogP contribution in [0, 0.1) is 0 Å². The predicted molar refractivity (Wildman–Crippen MR) is 60.6 cm³/mol. The Bertz CT molecular complexity index is 292. The van der Waals surface area contributed by atoms with Gasteiger partial charge in [-0.2, -0.15) is 0 Å². The standard InChI is InChI=1S/C12H20N2O/c1-5-11(15)13-7-6-9-10(13)8-14(9)12(2,3)4/h5,9-10H,1,6-8H2,2-4H3/t9-,10-/m1/s1. The van der Waals surface area contributed by atoms with Gasteiger partial charge in [0.2, 0.25) is 5.91 Å². The van der Waals surface area contributed by atoms with Crippen molar-refractivity contribution in [2.24, 2.45) is 0 Å². The molecule has 0 saturated carbocycles. The SMILES string of the molecule is C=CC(=O)N1CC[C@@H]2[C@H]1CN2C(C)(C)C. The van der Waals surface area contributed by atoms with Crippen LogP contribution >= 0.6 is 0 Å². The summed E-state index contributed by atoms with van der Waals surface area (Å²) in [6.07, 6.45) is 2.55. The molecule has 1 amide bonds. The van der Waals surface area contributed by atoms with Gasteiger partial charge in [0.15, 0.2) is 0 Å². The summed E-state index contributed by atoms with van der Waals surface area (Å²) in [5.74, 6) is 0.0936. The molecule has 0 aromatic heterocycles. The number of carbonyl (C=O) groups excluding carboxylic acids is 1. The number of rotatable bonds is 1. The van der Waals surface area contributed by atoms with Gasteiger partial charge in [-0.3, -0.25) is 9.69 Å². The largest absolute Gasteiger partial charge is 0.333 e. The van der Waals surface area contributed by atoms with Crippen LogP contribution in [-0.2, 0) is 4.79 Å². The van der Waals surface area contributed by atoms with Crippen LogP contribution in [0.15, 0.2) is 12.7 Å². The summed E-state index contributed by atoms with van der Waals surface area (Å²) in [6.45, 7) is 12.2. The molecule has 2 rings (SSSR count). The van der Waals surface area contributed by atoms with Crippen molar-refractivity contribution in [1.29, 1.82) is 0 Å². The number of nitrogens with zero attached hydrogens (tertiary/aromatic N) is 2. The van der Waals surface area contributed by atoms with E-state index >= 15 is 0 Å². The molecule has 0 unspecified atom stereocenters. The minimum absolute atomic E-state index is 0.0936. The first-order valence-corrected chi connectivity index (χ1v) is 5.65. The van der Waals surface area contributed by atoms with Crippen LogP contribution in [-0.4, -0.2) is 46.4 Å². The monoisotopic (exact) mass is 208 g/mol. The maximum atomic E-state index is 11.5. The van der Waals surface area contributed by atoms with E-state index in [1.165, 1.54) is 6.08 Å². The first-order valence-electron chi connectivity index (χ1n) is 5.65. The minimum Gasteiger partial charge on any atom is -0.333 e. The molecule has 2 heterocycles. The molecule has 84 valence electrons. The van der Waals surface area contributed by atoms with E-state index in [9.17, 15) is 4.79 Å². The Morgan fingerprint density at radius 1 is 1.40 bits per heavy atom. The Morgan fingerprint density at radius 2 is 2.07 bits per heavy atom. The van der Waals surface area contributed by atoms with E-state index in [2.05, 4.69) is 32.3 Å². The fourth-order valence-corrected chi connectivity index (χ4v) is 2.78. The fraction of sp³-hybridized carbons (Fsp3) is 0.750. The summed E-state index contributed by atoms with van der Waals surface area (Å²) < 4.78 is 0. The van der Waals surface area contributed by atoms with Crippen LogP contribution in [0.3, 0.4) is 0 Å². The number of amides is 1. The first-order chi connectivity index (χ1) is 6.95. The van der Waals surface area contributed by atoms with E-state index in [1.807, 2.05) is 4.90 Å². The lowest BCUT2D eigenvalue weighted by molar-refractivity contribution is -0.132. The highest BCUT2D eigenvalue weighted by Gasteiger charge is 2.51. The summed E-state index contributed by atoms with van der Waals surface area (Å²) in [4.78, 5) is 16.0. The van der Waals surface area contributed by atoms with Crippen molar-refractivity contribution in [3.63, 3.8) is 0 Å². The van der Waals surface area contributed by atoms with Gasteiger partial charge in [0.1, 0.15) is 0 Å². The second kappa shape index (κ2) is 3.34. The van der Waals surface area contributed by atoms with Gasteiger partial charge in [0.25, 0.3) is 0 Å². The maximum absolute atomic E-state index is 11.5. The highest BCUT2D eigenvalue weighted by Crippen LogP contribution is 2.37. The summed E-state index contributed by atoms with van der Waals surface area (Å²) in [7, 11) is 0. The van der Waals surface area contributed by atoms with Crippen LogP contribution in [0.25, 0.3) is 0 Å². The average Bonchev–Trinajstić information content (AvgIpc) is 2.39. The van der Waals surface area contributed by atoms with Crippen LogP contribution in [0.1, 0.15) is 27.2 Å². The molecule has 2 aliphatic rings. The Morgan fingerprint density at radius 3 is 2.60 bits per heavy atom. The third-order valence-electron chi connectivity index (χ3n) is 3.61. The Labute approximate surface area is 91.7 Å². The van der Waals surface area contributed by atoms with Crippen molar-refractivity contribution in [1.82, 2.24) is 9.80 Å². The van der Waals surface area contributed by atoms with E-state index in [-0.39, 0.29) is 11.4 Å². The number of hydrogen-bond donors (Lipinski definition) is 0. The van der Waals surface area contributed by atoms with Crippen molar-refractivity contribution in [3.05, 3.63) is 12.7 Å². The molecular weight excluding hydrogens is 188 g/mol. The van der Waals surface area contributed by atoms with Crippen molar-refractivity contribution in [2.45, 2.75) is 44.8 Å². The van der Waals surface area contributed by atoms with Crippen LogP contribution in [0.4, 0.5) is 0 Å². The lowest BCUT2D eigenvalue weighted by atomic mass is 9.89. The van der Waals surface area contributed by atoms with Crippen LogP contribution in [0.5, 0.6) is 0 Å². The molecule has 2 fully saturated rings. The van der Waals surface area contributed by atoms with Gasteiger partial charge in [0.05, 0.1) is 6.04 Å². The van der Waals surface area contributed by atoms with E-state index in [0.717, 1.165) is 19.5 Å². The molecule has 2 aliphatic heterocycles. The van der Waals surface area contributed by atoms with Crippen LogP contribution < -0.4 is 0 Å². The average molecular weight is 208 g/mol. The summed E-state index contributed by atoms with van der Waals surface area (Å²) in [5, 5.41) is 0. The van der Waals surface area contributed by atoms with Crippen LogP contribution in [0.2, 0.25) is 0 Å². The Hall–Kier alpha value is -0.830. The summed E-state index contributed by atoms with van der Waals surface area (Å²) >= 11 is 0. The van der Waals surface area contributed by atoms with Gasteiger partial charge in [-0.15, -0.1) is 0 Å². The topological polar surface area (TPSA) is 23.6 Å². The van der Waals surface area contributed by atoms with Crippen molar-refractivity contribution in [3.8, 4) is 0 Å². The molecule has 0 spiro atoms. The molecule has 0 bridgehead atoms. The third kappa shape index (κ3) is 1.59. The molecule has 3 heteroatoms. The number of fused-ring (bicyclic) bond motifs is 1. The van der Waals surface area contributed by atoms with Gasteiger partial charge in [-0.1, -0.05) is 6.58 Å². The summed E-state index contributed by atoms with van der Waals surface area (Å²) in [6, 6.07) is 1.02. The molecule has 0 aliphatic carbocycles. The second-order valence-corrected chi connectivity index (χ2v) is 5.48. The maximum Gasteiger partial charge on any atom is 0.246 e. The molecule has 15 heavy (non-hydrogen) atoms. The molecule has 0 aromatic rings. The summed E-state index contributed by atoms with van der Waals surface area (Å²) in [5.41, 5.74) is 0.231. The van der Waals surface area contributed by atoms with E-state index in [0.29, 0.717) is 12.1 Å².